The van der Waals surface area contributed by atoms with Crippen LogP contribution in [-0.2, 0) is 14.3 Å². The van der Waals surface area contributed by atoms with Gasteiger partial charge in [-0.2, -0.15) is 0 Å². The number of hydrogen-bond donors (Lipinski definition) is 0. The highest BCUT2D eigenvalue weighted by Gasteiger charge is 2.31. The molecule has 6 heteroatoms. The van der Waals surface area contributed by atoms with Gasteiger partial charge in [0.25, 0.3) is 0 Å². The molecular formula is C14H24N2O3S. The lowest BCUT2D eigenvalue weighted by Crippen LogP contribution is -2.43. The molecule has 0 spiro atoms. The van der Waals surface area contributed by atoms with E-state index in [9.17, 15) is 9.59 Å². The topological polar surface area (TPSA) is 49.9 Å². The predicted octanol–water partition coefficient (Wildman–Crippen LogP) is 0.978. The highest BCUT2D eigenvalue weighted by Crippen LogP contribution is 2.24. The first-order valence-corrected chi connectivity index (χ1v) is 8.21. The van der Waals surface area contributed by atoms with Crippen molar-refractivity contribution in [1.82, 2.24) is 9.80 Å². The SMILES string of the molecule is CC(=O)SC1CC(=O)N(CCC(C)N2CCOCC2)C1. The number of thioether (sulfide) groups is 1. The number of nitrogens with zero attached hydrogens (tertiary/aromatic N) is 2. The van der Waals surface area contributed by atoms with Gasteiger partial charge in [0.05, 0.1) is 13.2 Å². The van der Waals surface area contributed by atoms with E-state index in [0.29, 0.717) is 12.5 Å². The van der Waals surface area contributed by atoms with Crippen LogP contribution >= 0.6 is 11.8 Å². The molecule has 0 radical (unpaired) electrons. The predicted molar refractivity (Wildman–Crippen MR) is 79.7 cm³/mol. The number of rotatable bonds is 5. The van der Waals surface area contributed by atoms with E-state index < -0.39 is 0 Å². The molecular weight excluding hydrogens is 276 g/mol. The third kappa shape index (κ3) is 4.46. The molecule has 0 aliphatic carbocycles. The molecule has 0 saturated carbocycles. The van der Waals surface area contributed by atoms with E-state index in [1.54, 1.807) is 6.92 Å². The Kier molecular flexibility index (Phi) is 5.86. The minimum absolute atomic E-state index is 0.103. The molecule has 20 heavy (non-hydrogen) atoms. The number of morpholine rings is 1. The molecule has 0 aromatic rings. The zero-order valence-electron chi connectivity index (χ0n) is 12.3. The molecule has 0 bridgehead atoms. The quantitative estimate of drug-likeness (QED) is 0.757. The number of amides is 1. The van der Waals surface area contributed by atoms with E-state index in [-0.39, 0.29) is 16.3 Å². The molecule has 5 nitrogen and oxygen atoms in total. The van der Waals surface area contributed by atoms with Gasteiger partial charge in [0, 0.05) is 50.8 Å². The van der Waals surface area contributed by atoms with Gasteiger partial charge in [0.2, 0.25) is 5.91 Å². The van der Waals surface area contributed by atoms with Crippen molar-refractivity contribution in [1.29, 1.82) is 0 Å². The molecule has 2 aliphatic heterocycles. The summed E-state index contributed by atoms with van der Waals surface area (Å²) in [6, 6.07) is 0.478. The van der Waals surface area contributed by atoms with Gasteiger partial charge in [-0.25, -0.2) is 0 Å². The van der Waals surface area contributed by atoms with Crippen LogP contribution in [0.5, 0.6) is 0 Å². The standard InChI is InChI=1S/C14H24N2O3S/c1-11(15-5-7-19-8-6-15)3-4-16-10-13(9-14(16)18)20-12(2)17/h11,13H,3-10H2,1-2H3. The zero-order valence-corrected chi connectivity index (χ0v) is 13.2. The summed E-state index contributed by atoms with van der Waals surface area (Å²) in [7, 11) is 0. The Bertz CT molecular complexity index is 358. The van der Waals surface area contributed by atoms with Crippen LogP contribution in [0.4, 0.5) is 0 Å². The molecule has 0 aromatic carbocycles. The van der Waals surface area contributed by atoms with Crippen LogP contribution in [-0.4, -0.2) is 71.5 Å². The minimum atomic E-state index is 0.103. The van der Waals surface area contributed by atoms with E-state index in [1.165, 1.54) is 11.8 Å². The van der Waals surface area contributed by atoms with Gasteiger partial charge in [-0.1, -0.05) is 11.8 Å². The van der Waals surface area contributed by atoms with Crippen LogP contribution in [0.25, 0.3) is 0 Å². The van der Waals surface area contributed by atoms with Gasteiger partial charge in [0.1, 0.15) is 0 Å². The van der Waals surface area contributed by atoms with Crippen LogP contribution in [0.3, 0.4) is 0 Å². The number of ether oxygens (including phenoxy) is 1. The Hall–Kier alpha value is -0.590. The van der Waals surface area contributed by atoms with E-state index in [4.69, 9.17) is 4.74 Å². The van der Waals surface area contributed by atoms with Gasteiger partial charge >= 0.3 is 0 Å². The Labute approximate surface area is 125 Å². The molecule has 114 valence electrons. The number of likely N-dealkylation sites (tertiary alicyclic amines) is 1. The normalized spacial score (nSPS) is 26.0. The number of carbonyl (C=O) groups excluding carboxylic acids is 2. The van der Waals surface area contributed by atoms with Gasteiger partial charge < -0.3 is 9.64 Å². The fourth-order valence-electron chi connectivity index (χ4n) is 2.81. The molecule has 2 unspecified atom stereocenters. The summed E-state index contributed by atoms with van der Waals surface area (Å²) in [4.78, 5) is 27.4. The van der Waals surface area contributed by atoms with Gasteiger partial charge in [-0.05, 0) is 13.3 Å². The Morgan fingerprint density at radius 2 is 2.15 bits per heavy atom. The maximum absolute atomic E-state index is 11.9. The molecule has 2 atom stereocenters. The summed E-state index contributed by atoms with van der Waals surface area (Å²) in [5.41, 5.74) is 0. The molecule has 2 heterocycles. The third-order valence-corrected chi connectivity index (χ3v) is 4.98. The second kappa shape index (κ2) is 7.43. The second-order valence-corrected chi connectivity index (χ2v) is 7.04. The lowest BCUT2D eigenvalue weighted by Gasteiger charge is -2.33. The van der Waals surface area contributed by atoms with Crippen molar-refractivity contribution < 1.29 is 14.3 Å². The largest absolute Gasteiger partial charge is 0.379 e. The van der Waals surface area contributed by atoms with Crippen molar-refractivity contribution in [3.8, 4) is 0 Å². The van der Waals surface area contributed by atoms with Crippen LogP contribution in [0.1, 0.15) is 26.7 Å². The van der Waals surface area contributed by atoms with E-state index in [2.05, 4.69) is 11.8 Å². The van der Waals surface area contributed by atoms with Crippen molar-refractivity contribution in [3.63, 3.8) is 0 Å². The Morgan fingerprint density at radius 1 is 1.45 bits per heavy atom. The maximum atomic E-state index is 11.9. The van der Waals surface area contributed by atoms with E-state index in [0.717, 1.165) is 45.8 Å². The monoisotopic (exact) mass is 300 g/mol. The summed E-state index contributed by atoms with van der Waals surface area (Å²) in [6.07, 6.45) is 1.50. The molecule has 0 N–H and O–H groups in total. The van der Waals surface area contributed by atoms with Crippen LogP contribution < -0.4 is 0 Å². The fourth-order valence-corrected chi connectivity index (χ4v) is 3.76. The first-order chi connectivity index (χ1) is 9.56. The molecule has 2 fully saturated rings. The van der Waals surface area contributed by atoms with Crippen molar-refractivity contribution in [3.05, 3.63) is 0 Å². The molecule has 2 saturated heterocycles. The summed E-state index contributed by atoms with van der Waals surface area (Å²) in [5.74, 6) is 0.193. The second-order valence-electron chi connectivity index (χ2n) is 5.56. The smallest absolute Gasteiger partial charge is 0.223 e. The van der Waals surface area contributed by atoms with Crippen LogP contribution in [0, 0.1) is 0 Å². The number of hydrogen-bond acceptors (Lipinski definition) is 5. The van der Waals surface area contributed by atoms with Crippen molar-refractivity contribution in [2.24, 2.45) is 0 Å². The Balaban J connectivity index is 1.73. The van der Waals surface area contributed by atoms with E-state index >= 15 is 0 Å². The average Bonchev–Trinajstić information content (AvgIpc) is 2.76. The van der Waals surface area contributed by atoms with E-state index in [1.807, 2.05) is 4.90 Å². The van der Waals surface area contributed by atoms with Crippen molar-refractivity contribution >= 4 is 22.8 Å². The highest BCUT2D eigenvalue weighted by atomic mass is 32.2. The fraction of sp³-hybridized carbons (Fsp3) is 0.857. The Morgan fingerprint density at radius 3 is 2.80 bits per heavy atom. The lowest BCUT2D eigenvalue weighted by atomic mass is 10.2. The van der Waals surface area contributed by atoms with Gasteiger partial charge in [-0.15, -0.1) is 0 Å². The highest BCUT2D eigenvalue weighted by molar-refractivity contribution is 8.14. The van der Waals surface area contributed by atoms with Crippen LogP contribution in [0.15, 0.2) is 0 Å². The first kappa shape index (κ1) is 15.8. The van der Waals surface area contributed by atoms with Gasteiger partial charge in [0.15, 0.2) is 5.12 Å². The van der Waals surface area contributed by atoms with Crippen LogP contribution in [0.2, 0.25) is 0 Å². The van der Waals surface area contributed by atoms with Gasteiger partial charge in [-0.3, -0.25) is 14.5 Å². The first-order valence-electron chi connectivity index (χ1n) is 7.33. The molecule has 2 rings (SSSR count). The zero-order chi connectivity index (χ0) is 14.5. The minimum Gasteiger partial charge on any atom is -0.379 e. The molecule has 0 aromatic heterocycles. The number of carbonyl (C=O) groups is 2. The lowest BCUT2D eigenvalue weighted by molar-refractivity contribution is -0.127. The summed E-state index contributed by atoms with van der Waals surface area (Å²) in [6.45, 7) is 8.89. The third-order valence-electron chi connectivity index (χ3n) is 4.00. The average molecular weight is 300 g/mol. The summed E-state index contributed by atoms with van der Waals surface area (Å²) in [5, 5.41) is 0.255. The summed E-state index contributed by atoms with van der Waals surface area (Å²) < 4.78 is 5.36. The van der Waals surface area contributed by atoms with Crippen molar-refractivity contribution in [2.45, 2.75) is 38.0 Å². The van der Waals surface area contributed by atoms with Crippen molar-refractivity contribution in [2.75, 3.05) is 39.4 Å². The maximum Gasteiger partial charge on any atom is 0.223 e. The molecule has 1 amide bonds. The summed E-state index contributed by atoms with van der Waals surface area (Å²) >= 11 is 1.30. The molecule has 2 aliphatic rings.